The van der Waals surface area contributed by atoms with Crippen LogP contribution in [0.3, 0.4) is 0 Å². The Labute approximate surface area is 136 Å². The molecule has 0 unspecified atom stereocenters. The predicted molar refractivity (Wildman–Crippen MR) is 83.2 cm³/mol. The molecule has 0 aliphatic heterocycles. The fraction of sp³-hybridized carbons (Fsp3) is 0.188. The van der Waals surface area contributed by atoms with Crippen LogP contribution in [0.4, 0.5) is 8.78 Å². The molecule has 0 saturated heterocycles. The Balaban J connectivity index is 1.72. The van der Waals surface area contributed by atoms with Crippen molar-refractivity contribution >= 4 is 12.2 Å². The quantitative estimate of drug-likeness (QED) is 0.715. The van der Waals surface area contributed by atoms with Crippen LogP contribution >= 0.6 is 0 Å². The van der Waals surface area contributed by atoms with Gasteiger partial charge in [0.05, 0.1) is 11.3 Å². The number of halogens is 2. The van der Waals surface area contributed by atoms with E-state index in [1.165, 1.54) is 12.1 Å². The van der Waals surface area contributed by atoms with E-state index in [-0.39, 0.29) is 5.75 Å². The maximum atomic E-state index is 12.1. The molecule has 0 saturated carbocycles. The van der Waals surface area contributed by atoms with Crippen molar-refractivity contribution < 1.29 is 17.9 Å². The van der Waals surface area contributed by atoms with Crippen LogP contribution in [0.2, 0.25) is 0 Å². The van der Waals surface area contributed by atoms with Gasteiger partial charge in [0, 0.05) is 19.3 Å². The van der Waals surface area contributed by atoms with E-state index in [4.69, 9.17) is 4.42 Å². The van der Waals surface area contributed by atoms with Crippen LogP contribution in [0, 0.1) is 6.92 Å². The minimum Gasteiger partial charge on any atom is -0.435 e. The summed E-state index contributed by atoms with van der Waals surface area (Å²) in [6.07, 6.45) is 5.18. The summed E-state index contributed by atoms with van der Waals surface area (Å²) >= 11 is 0. The van der Waals surface area contributed by atoms with Crippen molar-refractivity contribution in [2.75, 3.05) is 0 Å². The molecule has 0 atom stereocenters. The second kappa shape index (κ2) is 6.61. The largest absolute Gasteiger partial charge is 0.435 e. The fourth-order valence-electron chi connectivity index (χ4n) is 2.15. The molecular formula is C16H14F2N4O2. The Bertz CT molecular complexity index is 853. The van der Waals surface area contributed by atoms with Crippen molar-refractivity contribution in [2.45, 2.75) is 13.5 Å². The average molecular weight is 332 g/mol. The Morgan fingerprint density at radius 1 is 1.17 bits per heavy atom. The molecule has 6 nitrogen and oxygen atoms in total. The lowest BCUT2D eigenvalue weighted by molar-refractivity contribution is -0.0498. The zero-order valence-corrected chi connectivity index (χ0v) is 13.0. The van der Waals surface area contributed by atoms with Crippen LogP contribution in [0.1, 0.15) is 17.1 Å². The van der Waals surface area contributed by atoms with Crippen molar-refractivity contribution in [3.63, 3.8) is 0 Å². The van der Waals surface area contributed by atoms with Crippen molar-refractivity contribution in [1.82, 2.24) is 20.0 Å². The Kier molecular flexibility index (Phi) is 4.37. The minimum atomic E-state index is -2.83. The van der Waals surface area contributed by atoms with Crippen molar-refractivity contribution in [3.05, 3.63) is 47.6 Å². The average Bonchev–Trinajstić information content (AvgIpc) is 3.12. The van der Waals surface area contributed by atoms with Crippen molar-refractivity contribution in [3.8, 4) is 17.2 Å². The molecule has 124 valence electrons. The van der Waals surface area contributed by atoms with Gasteiger partial charge in [-0.15, -0.1) is 10.2 Å². The first kappa shape index (κ1) is 15.9. The third-order valence-electron chi connectivity index (χ3n) is 3.21. The number of aromatic nitrogens is 4. The maximum absolute atomic E-state index is 12.1. The minimum absolute atomic E-state index is 0.106. The smallest absolute Gasteiger partial charge is 0.387 e. The highest BCUT2D eigenvalue weighted by molar-refractivity contribution is 5.67. The SMILES string of the molecule is Cc1nn(C)cc1-c1nnc(/C=C\c2ccc(OC(F)F)cc2)o1. The van der Waals surface area contributed by atoms with E-state index in [0.717, 1.165) is 16.8 Å². The molecule has 3 aromatic rings. The lowest BCUT2D eigenvalue weighted by atomic mass is 10.2. The molecule has 2 heterocycles. The third kappa shape index (κ3) is 3.65. The molecule has 8 heteroatoms. The number of benzene rings is 1. The van der Waals surface area contributed by atoms with E-state index < -0.39 is 6.61 Å². The molecule has 0 amide bonds. The van der Waals surface area contributed by atoms with Crippen molar-refractivity contribution in [1.29, 1.82) is 0 Å². The summed E-state index contributed by atoms with van der Waals surface area (Å²) in [7, 11) is 1.81. The molecular weight excluding hydrogens is 318 g/mol. The molecule has 1 aromatic carbocycles. The maximum Gasteiger partial charge on any atom is 0.387 e. The van der Waals surface area contributed by atoms with E-state index in [2.05, 4.69) is 20.0 Å². The highest BCUT2D eigenvalue weighted by Gasteiger charge is 2.12. The predicted octanol–water partition coefficient (Wildman–Crippen LogP) is 3.55. The van der Waals surface area contributed by atoms with Gasteiger partial charge in [0.1, 0.15) is 5.75 Å². The summed E-state index contributed by atoms with van der Waals surface area (Å²) in [6.45, 7) is -0.975. The second-order valence-electron chi connectivity index (χ2n) is 5.03. The van der Waals surface area contributed by atoms with Gasteiger partial charge in [-0.3, -0.25) is 4.68 Å². The summed E-state index contributed by atoms with van der Waals surface area (Å²) < 4.78 is 35.7. The topological polar surface area (TPSA) is 66.0 Å². The molecule has 0 N–H and O–H groups in total. The third-order valence-corrected chi connectivity index (χ3v) is 3.21. The molecule has 2 aromatic heterocycles. The first-order valence-corrected chi connectivity index (χ1v) is 7.08. The summed E-state index contributed by atoms with van der Waals surface area (Å²) in [4.78, 5) is 0. The van der Waals surface area contributed by atoms with E-state index in [1.54, 1.807) is 35.2 Å². The van der Waals surface area contributed by atoms with Gasteiger partial charge in [0.2, 0.25) is 5.89 Å². The summed E-state index contributed by atoms with van der Waals surface area (Å²) in [5.41, 5.74) is 2.36. The second-order valence-corrected chi connectivity index (χ2v) is 5.03. The molecule has 24 heavy (non-hydrogen) atoms. The van der Waals surface area contributed by atoms with Crippen LogP contribution in [0.25, 0.3) is 23.6 Å². The van der Waals surface area contributed by atoms with Crippen LogP contribution in [0.5, 0.6) is 5.75 Å². The highest BCUT2D eigenvalue weighted by atomic mass is 19.3. The lowest BCUT2D eigenvalue weighted by Crippen LogP contribution is -2.01. The Morgan fingerprint density at radius 3 is 2.54 bits per heavy atom. The molecule has 0 aliphatic carbocycles. The summed E-state index contributed by atoms with van der Waals surface area (Å²) in [6, 6.07) is 6.22. The molecule has 3 rings (SSSR count). The zero-order valence-electron chi connectivity index (χ0n) is 13.0. The van der Waals surface area contributed by atoms with Crippen molar-refractivity contribution in [2.24, 2.45) is 7.05 Å². The number of aryl methyl sites for hydroxylation is 2. The van der Waals surface area contributed by atoms with Gasteiger partial charge >= 0.3 is 6.61 Å². The number of ether oxygens (including phenoxy) is 1. The standard InChI is InChI=1S/C16H14F2N4O2/c1-10-13(9-22(2)21-10)15-20-19-14(24-15)8-5-11-3-6-12(7-4-11)23-16(17)18/h3-9,16H,1-2H3/b8-5-. The molecule has 0 spiro atoms. The molecule has 0 radical (unpaired) electrons. The van der Waals surface area contributed by atoms with E-state index in [1.807, 2.05) is 14.0 Å². The first-order valence-electron chi connectivity index (χ1n) is 7.08. The van der Waals surface area contributed by atoms with Gasteiger partial charge in [-0.05, 0) is 30.7 Å². The Hall–Kier alpha value is -3.03. The van der Waals surface area contributed by atoms with Gasteiger partial charge in [-0.1, -0.05) is 12.1 Å². The number of hydrogen-bond donors (Lipinski definition) is 0. The van der Waals surface area contributed by atoms with E-state index >= 15 is 0 Å². The summed E-state index contributed by atoms with van der Waals surface area (Å²) in [5.74, 6) is 0.830. The normalized spacial score (nSPS) is 11.5. The van der Waals surface area contributed by atoms with Gasteiger partial charge in [0.25, 0.3) is 5.89 Å². The van der Waals surface area contributed by atoms with E-state index in [0.29, 0.717) is 11.8 Å². The van der Waals surface area contributed by atoms with Crippen LogP contribution in [0.15, 0.2) is 34.9 Å². The van der Waals surface area contributed by atoms with Gasteiger partial charge < -0.3 is 9.15 Å². The van der Waals surface area contributed by atoms with Crippen LogP contribution in [-0.2, 0) is 7.05 Å². The lowest BCUT2D eigenvalue weighted by Gasteiger charge is -2.03. The van der Waals surface area contributed by atoms with Crippen LogP contribution < -0.4 is 4.74 Å². The fourth-order valence-corrected chi connectivity index (χ4v) is 2.15. The van der Waals surface area contributed by atoms with Gasteiger partial charge in [0.15, 0.2) is 0 Å². The molecule has 0 fully saturated rings. The number of alkyl halides is 2. The number of rotatable bonds is 5. The zero-order chi connectivity index (χ0) is 17.1. The first-order chi connectivity index (χ1) is 11.5. The Morgan fingerprint density at radius 2 is 1.92 bits per heavy atom. The summed E-state index contributed by atoms with van der Waals surface area (Å²) in [5, 5.41) is 12.2. The highest BCUT2D eigenvalue weighted by Crippen LogP contribution is 2.21. The monoisotopic (exact) mass is 332 g/mol. The molecule has 0 bridgehead atoms. The van der Waals surface area contributed by atoms with Crippen LogP contribution in [-0.4, -0.2) is 26.6 Å². The number of hydrogen-bond acceptors (Lipinski definition) is 5. The van der Waals surface area contributed by atoms with E-state index in [9.17, 15) is 8.78 Å². The van der Waals surface area contributed by atoms with Gasteiger partial charge in [-0.25, -0.2) is 0 Å². The van der Waals surface area contributed by atoms with Gasteiger partial charge in [-0.2, -0.15) is 13.9 Å². The number of nitrogens with zero attached hydrogens (tertiary/aromatic N) is 4. The molecule has 0 aliphatic rings.